The number of carbonyl (C=O) groups excluding carboxylic acids is 1. The van der Waals surface area contributed by atoms with Crippen molar-refractivity contribution in [2.24, 2.45) is 0 Å². The molecule has 28 heavy (non-hydrogen) atoms. The van der Waals surface area contributed by atoms with Gasteiger partial charge in [0.2, 0.25) is 0 Å². The van der Waals surface area contributed by atoms with Gasteiger partial charge in [0.05, 0.1) is 26.1 Å². The molecule has 148 valence electrons. The van der Waals surface area contributed by atoms with E-state index in [9.17, 15) is 4.79 Å². The molecule has 0 radical (unpaired) electrons. The summed E-state index contributed by atoms with van der Waals surface area (Å²) in [5.74, 6) is 1.89. The summed E-state index contributed by atoms with van der Waals surface area (Å²) in [6.07, 6.45) is 7.36. The molecule has 1 atom stereocenters. The van der Waals surface area contributed by atoms with Gasteiger partial charge in [-0.2, -0.15) is 0 Å². The van der Waals surface area contributed by atoms with E-state index in [0.29, 0.717) is 5.56 Å². The molecule has 0 amide bonds. The van der Waals surface area contributed by atoms with Crippen LogP contribution in [0.4, 0.5) is 0 Å². The first-order valence-corrected chi connectivity index (χ1v) is 9.28. The lowest BCUT2D eigenvalue weighted by Crippen LogP contribution is -2.10. The number of aldehydes is 1. The second-order valence-corrected chi connectivity index (χ2v) is 6.40. The van der Waals surface area contributed by atoms with Crippen molar-refractivity contribution in [2.75, 3.05) is 21.3 Å². The third kappa shape index (κ3) is 6.10. The second-order valence-electron chi connectivity index (χ2n) is 6.40. The Balaban J connectivity index is 0.000000209. The van der Waals surface area contributed by atoms with Crippen LogP contribution in [0.1, 0.15) is 30.1 Å². The van der Waals surface area contributed by atoms with E-state index < -0.39 is 0 Å². The summed E-state index contributed by atoms with van der Waals surface area (Å²) in [7, 11) is 5.08. The summed E-state index contributed by atoms with van der Waals surface area (Å²) >= 11 is 0. The molecule has 0 bridgehead atoms. The van der Waals surface area contributed by atoms with Crippen LogP contribution in [0.2, 0.25) is 0 Å². The van der Waals surface area contributed by atoms with Gasteiger partial charge in [-0.05, 0) is 48.3 Å². The first kappa shape index (κ1) is 21.5. The van der Waals surface area contributed by atoms with Crippen LogP contribution in [0.15, 0.2) is 72.0 Å². The van der Waals surface area contributed by atoms with E-state index in [1.165, 1.54) is 5.57 Å². The van der Waals surface area contributed by atoms with Gasteiger partial charge in [-0.25, -0.2) is 0 Å². The van der Waals surface area contributed by atoms with Gasteiger partial charge in [0.1, 0.15) is 12.0 Å². The largest absolute Gasteiger partial charge is 0.501 e. The van der Waals surface area contributed by atoms with Crippen LogP contribution in [-0.2, 0) is 9.47 Å². The molecule has 1 unspecified atom stereocenters. The zero-order chi connectivity index (χ0) is 20.4. The molecule has 2 aromatic rings. The van der Waals surface area contributed by atoms with Crippen molar-refractivity contribution >= 4 is 6.29 Å². The maximum Gasteiger partial charge on any atom is 0.150 e. The Hall–Kier alpha value is -2.85. The molecule has 0 saturated carbocycles. The molecular weight excluding hydrogens is 352 g/mol. The van der Waals surface area contributed by atoms with Crippen LogP contribution in [0.25, 0.3) is 11.1 Å². The molecule has 2 aromatic carbocycles. The minimum Gasteiger partial charge on any atom is -0.501 e. The molecule has 0 aliphatic heterocycles. The molecular formula is C24H28O4. The fourth-order valence-corrected chi connectivity index (χ4v) is 2.82. The molecule has 4 nitrogen and oxygen atoms in total. The topological polar surface area (TPSA) is 44.8 Å². The minimum absolute atomic E-state index is 0.176. The summed E-state index contributed by atoms with van der Waals surface area (Å²) in [5.41, 5.74) is 4.12. The average molecular weight is 380 g/mol. The van der Waals surface area contributed by atoms with Crippen molar-refractivity contribution in [1.82, 2.24) is 0 Å². The first-order chi connectivity index (χ1) is 13.6. The Morgan fingerprint density at radius 3 is 2.00 bits per heavy atom. The SMILES string of the molecule is COC1=CC(C(C)OC)=CCC1.COc1ccc(-c2ccc(C=O)cc2)cc1. The Morgan fingerprint density at radius 2 is 1.50 bits per heavy atom. The van der Waals surface area contributed by atoms with E-state index in [0.717, 1.165) is 41.8 Å². The van der Waals surface area contributed by atoms with E-state index in [2.05, 4.69) is 12.2 Å². The number of ether oxygens (including phenoxy) is 3. The molecule has 0 spiro atoms. The van der Waals surface area contributed by atoms with E-state index in [4.69, 9.17) is 14.2 Å². The van der Waals surface area contributed by atoms with Crippen LogP contribution in [0, 0.1) is 0 Å². The minimum atomic E-state index is 0.176. The summed E-state index contributed by atoms with van der Waals surface area (Å²) in [5, 5.41) is 0. The Bertz CT molecular complexity index is 802. The van der Waals surface area contributed by atoms with Gasteiger partial charge >= 0.3 is 0 Å². The van der Waals surface area contributed by atoms with Crippen molar-refractivity contribution < 1.29 is 19.0 Å². The lowest BCUT2D eigenvalue weighted by molar-refractivity contribution is 0.112. The number of hydrogen-bond acceptors (Lipinski definition) is 4. The molecule has 0 N–H and O–H groups in total. The van der Waals surface area contributed by atoms with Crippen LogP contribution < -0.4 is 4.74 Å². The van der Waals surface area contributed by atoms with Crippen LogP contribution >= 0.6 is 0 Å². The summed E-state index contributed by atoms with van der Waals surface area (Å²) in [4.78, 5) is 10.5. The molecule has 0 aromatic heterocycles. The molecule has 0 heterocycles. The second kappa shape index (κ2) is 11.1. The maximum atomic E-state index is 10.5. The highest BCUT2D eigenvalue weighted by Crippen LogP contribution is 2.22. The maximum absolute atomic E-state index is 10.5. The van der Waals surface area contributed by atoms with Gasteiger partial charge in [0, 0.05) is 19.1 Å². The predicted molar refractivity (Wildman–Crippen MR) is 113 cm³/mol. The molecule has 4 heteroatoms. The monoisotopic (exact) mass is 380 g/mol. The molecule has 3 rings (SSSR count). The summed E-state index contributed by atoms with van der Waals surface area (Å²) in [6, 6.07) is 15.3. The number of methoxy groups -OCH3 is 3. The molecule has 0 fully saturated rings. The third-order valence-electron chi connectivity index (χ3n) is 4.65. The van der Waals surface area contributed by atoms with Gasteiger partial charge in [0.25, 0.3) is 0 Å². The predicted octanol–water partition coefficient (Wildman–Crippen LogP) is 5.45. The zero-order valence-electron chi connectivity index (χ0n) is 17.0. The number of hydrogen-bond donors (Lipinski definition) is 0. The fourth-order valence-electron chi connectivity index (χ4n) is 2.82. The van der Waals surface area contributed by atoms with Crippen LogP contribution in [0.3, 0.4) is 0 Å². The van der Waals surface area contributed by atoms with Crippen molar-refractivity contribution in [1.29, 1.82) is 0 Å². The Morgan fingerprint density at radius 1 is 0.893 bits per heavy atom. The zero-order valence-corrected chi connectivity index (χ0v) is 17.0. The standard InChI is InChI=1S/C14H12O2.C10H16O2/c1-16-14-8-6-13(7-9-14)12-4-2-11(10-15)3-5-12;1-8(11-2)9-5-4-6-10(7-9)12-3/h2-10H,1H3;5,7-8H,4,6H2,1-3H3. The highest BCUT2D eigenvalue weighted by molar-refractivity contribution is 5.77. The lowest BCUT2D eigenvalue weighted by atomic mass is 10.0. The average Bonchev–Trinajstić information content (AvgIpc) is 2.79. The van der Waals surface area contributed by atoms with Gasteiger partial charge < -0.3 is 14.2 Å². The number of allylic oxidation sites excluding steroid dienone is 2. The van der Waals surface area contributed by atoms with Crippen molar-refractivity contribution in [2.45, 2.75) is 25.9 Å². The van der Waals surface area contributed by atoms with Crippen LogP contribution in [0.5, 0.6) is 5.75 Å². The molecule has 1 aliphatic carbocycles. The van der Waals surface area contributed by atoms with Crippen LogP contribution in [-0.4, -0.2) is 33.7 Å². The highest BCUT2D eigenvalue weighted by atomic mass is 16.5. The van der Waals surface area contributed by atoms with E-state index in [1.54, 1.807) is 21.3 Å². The normalized spacial score (nSPS) is 14.0. The lowest BCUT2D eigenvalue weighted by Gasteiger charge is -2.16. The van der Waals surface area contributed by atoms with E-state index in [-0.39, 0.29) is 6.10 Å². The van der Waals surface area contributed by atoms with E-state index >= 15 is 0 Å². The number of rotatable bonds is 6. The number of carbonyl (C=O) groups is 1. The van der Waals surface area contributed by atoms with Crippen molar-refractivity contribution in [3.63, 3.8) is 0 Å². The highest BCUT2D eigenvalue weighted by Gasteiger charge is 2.10. The van der Waals surface area contributed by atoms with E-state index in [1.807, 2.05) is 55.5 Å². The third-order valence-corrected chi connectivity index (χ3v) is 4.65. The summed E-state index contributed by atoms with van der Waals surface area (Å²) < 4.78 is 15.5. The fraction of sp³-hybridized carbons (Fsp3) is 0.292. The molecule has 1 aliphatic rings. The Kier molecular flexibility index (Phi) is 8.50. The molecule has 0 saturated heterocycles. The quantitative estimate of drug-likeness (QED) is 0.626. The number of benzene rings is 2. The van der Waals surface area contributed by atoms with Crippen molar-refractivity contribution in [3.8, 4) is 16.9 Å². The van der Waals surface area contributed by atoms with Gasteiger partial charge in [0.15, 0.2) is 0 Å². The smallest absolute Gasteiger partial charge is 0.150 e. The van der Waals surface area contributed by atoms with Gasteiger partial charge in [-0.15, -0.1) is 0 Å². The van der Waals surface area contributed by atoms with Gasteiger partial charge in [-0.1, -0.05) is 42.5 Å². The Labute approximate surface area is 167 Å². The first-order valence-electron chi connectivity index (χ1n) is 9.28. The van der Waals surface area contributed by atoms with Gasteiger partial charge in [-0.3, -0.25) is 4.79 Å². The summed E-state index contributed by atoms with van der Waals surface area (Å²) in [6.45, 7) is 2.04. The van der Waals surface area contributed by atoms with Crippen molar-refractivity contribution in [3.05, 3.63) is 77.6 Å².